The Balaban J connectivity index is 2.75. The summed E-state index contributed by atoms with van der Waals surface area (Å²) in [4.78, 5) is 13.7. The molecule has 5 heteroatoms. The largest absolute Gasteiger partial charge is 0.294 e. The molecule has 0 atom stereocenters. The lowest BCUT2D eigenvalue weighted by molar-refractivity contribution is 0.101. The van der Waals surface area contributed by atoms with Crippen LogP contribution in [0.2, 0.25) is 0 Å². The van der Waals surface area contributed by atoms with Gasteiger partial charge in [-0.1, -0.05) is 23.3 Å². The van der Waals surface area contributed by atoms with Gasteiger partial charge in [-0.15, -0.1) is 0 Å². The minimum absolute atomic E-state index is 0.0854. The molecule has 4 nitrogen and oxygen atoms in total. The summed E-state index contributed by atoms with van der Waals surface area (Å²) in [5, 5.41) is 3.38. The van der Waals surface area contributed by atoms with Gasteiger partial charge in [0.1, 0.15) is 5.82 Å². The highest BCUT2D eigenvalue weighted by Gasteiger charge is 2.06. The lowest BCUT2D eigenvalue weighted by atomic mass is 10.1. The number of halogens is 1. The fourth-order valence-electron chi connectivity index (χ4n) is 1.31. The third-order valence-electron chi connectivity index (χ3n) is 2.14. The fraction of sp³-hybridized carbons (Fsp3) is 0.250. The zero-order chi connectivity index (χ0) is 12.7. The first-order valence-electron chi connectivity index (χ1n) is 5.13. The average molecular weight is 233 g/mol. The van der Waals surface area contributed by atoms with Crippen LogP contribution in [0.4, 0.5) is 4.39 Å². The van der Waals surface area contributed by atoms with Gasteiger partial charge in [-0.2, -0.15) is 0 Å². The smallest absolute Gasteiger partial charge is 0.162 e. The summed E-state index contributed by atoms with van der Waals surface area (Å²) in [6.45, 7) is 1.71. The van der Waals surface area contributed by atoms with Crippen LogP contribution in [0.1, 0.15) is 29.3 Å². The molecule has 17 heavy (non-hydrogen) atoms. The van der Waals surface area contributed by atoms with Crippen LogP contribution in [0.5, 0.6) is 0 Å². The van der Waals surface area contributed by atoms with Crippen LogP contribution in [-0.4, -0.2) is 12.3 Å². The molecule has 0 saturated heterocycles. The maximum Gasteiger partial charge on any atom is 0.162 e. The first-order chi connectivity index (χ1) is 8.15. The van der Waals surface area contributed by atoms with Gasteiger partial charge in [0.15, 0.2) is 5.78 Å². The van der Waals surface area contributed by atoms with Crippen LogP contribution in [0.15, 0.2) is 29.4 Å². The van der Waals surface area contributed by atoms with E-state index in [-0.39, 0.29) is 11.3 Å². The molecule has 0 aliphatic rings. The van der Waals surface area contributed by atoms with Crippen molar-refractivity contribution in [2.75, 3.05) is 6.54 Å². The monoisotopic (exact) mass is 233 g/mol. The van der Waals surface area contributed by atoms with E-state index in [9.17, 15) is 9.18 Å². The fourth-order valence-corrected chi connectivity index (χ4v) is 1.31. The van der Waals surface area contributed by atoms with Crippen molar-refractivity contribution in [2.45, 2.75) is 13.3 Å². The minimum Gasteiger partial charge on any atom is -0.294 e. The number of Topliss-reactive ketones (excluding diaryl/α,β-unsaturated/α-hetero) is 1. The van der Waals surface area contributed by atoms with Crippen molar-refractivity contribution in [3.05, 3.63) is 51.7 Å². The van der Waals surface area contributed by atoms with Crippen molar-refractivity contribution in [3.8, 4) is 0 Å². The van der Waals surface area contributed by atoms with E-state index in [0.29, 0.717) is 13.0 Å². The van der Waals surface area contributed by atoms with Gasteiger partial charge in [0.05, 0.1) is 5.56 Å². The highest BCUT2D eigenvalue weighted by atomic mass is 19.1. The number of carbonyl (C=O) groups is 1. The summed E-state index contributed by atoms with van der Waals surface area (Å²) in [5.74, 6) is -0.810. The maximum absolute atomic E-state index is 13.2. The van der Waals surface area contributed by atoms with Gasteiger partial charge in [0.2, 0.25) is 0 Å². The number of hydrogen-bond acceptors (Lipinski definition) is 2. The molecule has 1 rings (SSSR count). The normalized spacial score (nSPS) is 10.2. The van der Waals surface area contributed by atoms with Crippen molar-refractivity contribution in [1.82, 2.24) is 0 Å². The molecule has 0 aliphatic heterocycles. The Hall–Kier alpha value is -2.13. The quantitative estimate of drug-likeness (QED) is 0.251. The van der Waals surface area contributed by atoms with E-state index in [4.69, 9.17) is 5.53 Å². The number of hydrogen-bond donors (Lipinski definition) is 0. The highest BCUT2D eigenvalue weighted by Crippen LogP contribution is 2.12. The number of carbonyl (C=O) groups excluding carboxylic acids is 1. The lowest BCUT2D eigenvalue weighted by Crippen LogP contribution is -1.96. The molecule has 88 valence electrons. The predicted octanol–water partition coefficient (Wildman–Crippen LogP) is 3.74. The first-order valence-corrected chi connectivity index (χ1v) is 5.13. The van der Waals surface area contributed by atoms with E-state index in [1.165, 1.54) is 19.1 Å². The molecule has 0 spiro atoms. The molecular weight excluding hydrogens is 221 g/mol. The van der Waals surface area contributed by atoms with E-state index in [2.05, 4.69) is 10.0 Å². The molecule has 1 aromatic carbocycles. The summed E-state index contributed by atoms with van der Waals surface area (Å²) < 4.78 is 13.2. The van der Waals surface area contributed by atoms with Crippen LogP contribution in [0, 0.1) is 5.82 Å². The third-order valence-corrected chi connectivity index (χ3v) is 2.14. The van der Waals surface area contributed by atoms with E-state index in [1.807, 2.05) is 6.08 Å². The van der Waals surface area contributed by atoms with Crippen LogP contribution >= 0.6 is 0 Å². The molecule has 0 amide bonds. The zero-order valence-corrected chi connectivity index (χ0v) is 9.43. The topological polar surface area (TPSA) is 65.8 Å². The van der Waals surface area contributed by atoms with Crippen LogP contribution in [0.3, 0.4) is 0 Å². The van der Waals surface area contributed by atoms with Crippen LogP contribution < -0.4 is 0 Å². The summed E-state index contributed by atoms with van der Waals surface area (Å²) >= 11 is 0. The van der Waals surface area contributed by atoms with Gasteiger partial charge in [-0.05, 0) is 36.6 Å². The SMILES string of the molecule is CC(=O)c1cc(C=CCCN=[N+]=[N-])ccc1F. The Morgan fingerprint density at radius 1 is 1.59 bits per heavy atom. The van der Waals surface area contributed by atoms with Gasteiger partial charge in [0.25, 0.3) is 0 Å². The molecule has 0 heterocycles. The molecule has 0 fully saturated rings. The van der Waals surface area contributed by atoms with Gasteiger partial charge >= 0.3 is 0 Å². The molecule has 0 aliphatic carbocycles. The van der Waals surface area contributed by atoms with Crippen LogP contribution in [0.25, 0.3) is 16.5 Å². The molecule has 0 saturated carbocycles. The molecule has 0 bridgehead atoms. The summed E-state index contributed by atoms with van der Waals surface area (Å²) in [6, 6.07) is 4.36. The van der Waals surface area contributed by atoms with Crippen molar-refractivity contribution in [3.63, 3.8) is 0 Å². The number of rotatable bonds is 5. The van der Waals surface area contributed by atoms with Crippen molar-refractivity contribution < 1.29 is 9.18 Å². The van der Waals surface area contributed by atoms with Gasteiger partial charge in [-0.3, -0.25) is 4.79 Å². The Morgan fingerprint density at radius 2 is 2.35 bits per heavy atom. The maximum atomic E-state index is 13.2. The second kappa shape index (κ2) is 6.45. The number of nitrogens with zero attached hydrogens (tertiary/aromatic N) is 3. The Kier molecular flexibility index (Phi) is 4.91. The minimum atomic E-state index is -0.510. The van der Waals surface area contributed by atoms with Crippen LogP contribution in [-0.2, 0) is 0 Å². The number of benzene rings is 1. The predicted molar refractivity (Wildman–Crippen MR) is 64.1 cm³/mol. The molecule has 0 aromatic heterocycles. The zero-order valence-electron chi connectivity index (χ0n) is 9.43. The number of azide groups is 1. The summed E-state index contributed by atoms with van der Waals surface area (Å²) in [7, 11) is 0. The molecule has 0 unspecified atom stereocenters. The van der Waals surface area contributed by atoms with E-state index < -0.39 is 5.82 Å². The molecule has 0 radical (unpaired) electrons. The van der Waals surface area contributed by atoms with E-state index in [0.717, 1.165) is 5.56 Å². The third kappa shape index (κ3) is 4.09. The second-order valence-electron chi connectivity index (χ2n) is 3.44. The Bertz CT molecular complexity index is 491. The lowest BCUT2D eigenvalue weighted by Gasteiger charge is -2.00. The average Bonchev–Trinajstić information content (AvgIpc) is 2.30. The molecule has 0 N–H and O–H groups in total. The Labute approximate surface area is 98.4 Å². The van der Waals surface area contributed by atoms with E-state index in [1.54, 1.807) is 12.1 Å². The van der Waals surface area contributed by atoms with Crippen molar-refractivity contribution in [1.29, 1.82) is 0 Å². The molecule has 1 aromatic rings. The van der Waals surface area contributed by atoms with Gasteiger partial charge in [-0.25, -0.2) is 4.39 Å². The highest BCUT2D eigenvalue weighted by molar-refractivity contribution is 5.94. The second-order valence-corrected chi connectivity index (χ2v) is 3.44. The standard InChI is InChI=1S/C12H12FN3O/c1-9(17)11-8-10(5-6-12(11)13)4-2-3-7-15-16-14/h2,4-6,8H,3,7H2,1H3. The summed E-state index contributed by atoms with van der Waals surface area (Å²) in [5.41, 5.74) is 8.90. The Morgan fingerprint density at radius 3 is 3.00 bits per heavy atom. The van der Waals surface area contributed by atoms with Crippen molar-refractivity contribution >= 4 is 11.9 Å². The van der Waals surface area contributed by atoms with Gasteiger partial charge in [0, 0.05) is 11.5 Å². The van der Waals surface area contributed by atoms with Gasteiger partial charge < -0.3 is 0 Å². The van der Waals surface area contributed by atoms with E-state index >= 15 is 0 Å². The van der Waals surface area contributed by atoms with Crippen molar-refractivity contribution in [2.24, 2.45) is 5.11 Å². The summed E-state index contributed by atoms with van der Waals surface area (Å²) in [6.07, 6.45) is 4.18. The number of ketones is 1. The molecular formula is C12H12FN3O. The first kappa shape index (κ1) is 12.9.